The van der Waals surface area contributed by atoms with E-state index < -0.39 is 0 Å². The van der Waals surface area contributed by atoms with Crippen molar-refractivity contribution in [1.29, 1.82) is 0 Å². The first-order valence-corrected chi connectivity index (χ1v) is 11.2. The molecule has 5 nitrogen and oxygen atoms in total. The number of carbonyl (C=O) groups is 1. The summed E-state index contributed by atoms with van der Waals surface area (Å²) in [5.74, 6) is 0.830. The summed E-state index contributed by atoms with van der Waals surface area (Å²) in [7, 11) is 0. The number of nitrogens with one attached hydrogen (secondary N) is 2. The summed E-state index contributed by atoms with van der Waals surface area (Å²) in [6.45, 7) is 13.4. The van der Waals surface area contributed by atoms with Crippen molar-refractivity contribution in [2.75, 3.05) is 11.9 Å². The molecule has 0 saturated carbocycles. The maximum atomic E-state index is 12.5. The number of hydrogen-bond acceptors (Lipinski definition) is 5. The molecule has 0 bridgehead atoms. The van der Waals surface area contributed by atoms with Crippen LogP contribution in [0.3, 0.4) is 0 Å². The Bertz CT molecular complexity index is 1020. The van der Waals surface area contributed by atoms with E-state index in [-0.39, 0.29) is 16.9 Å². The number of rotatable bonds is 7. The van der Waals surface area contributed by atoms with Crippen molar-refractivity contribution in [3.8, 4) is 11.1 Å². The maximum Gasteiger partial charge on any atom is 0.222 e. The summed E-state index contributed by atoms with van der Waals surface area (Å²) in [5.41, 5.74) is 2.24. The molecule has 2 aromatic heterocycles. The van der Waals surface area contributed by atoms with Gasteiger partial charge in [0.1, 0.15) is 17.0 Å². The monoisotopic (exact) mass is 424 g/mol. The van der Waals surface area contributed by atoms with E-state index in [2.05, 4.69) is 74.3 Å². The van der Waals surface area contributed by atoms with Crippen molar-refractivity contribution in [1.82, 2.24) is 15.3 Å². The van der Waals surface area contributed by atoms with Crippen LogP contribution in [0.15, 0.2) is 36.7 Å². The molecule has 0 aliphatic carbocycles. The van der Waals surface area contributed by atoms with Crippen LogP contribution in [0, 0.1) is 12.3 Å². The summed E-state index contributed by atoms with van der Waals surface area (Å²) in [6.07, 6.45) is 2.89. The zero-order valence-corrected chi connectivity index (χ0v) is 19.6. The van der Waals surface area contributed by atoms with Gasteiger partial charge in [0.15, 0.2) is 0 Å². The lowest BCUT2D eigenvalue weighted by Crippen LogP contribution is -2.46. The molecular weight excluding hydrogens is 392 g/mol. The Hall–Kier alpha value is -2.47. The molecule has 160 valence electrons. The Morgan fingerprint density at radius 3 is 2.43 bits per heavy atom. The zero-order chi connectivity index (χ0) is 21.9. The fourth-order valence-electron chi connectivity index (χ4n) is 4.24. The highest BCUT2D eigenvalue weighted by molar-refractivity contribution is 7.19. The third kappa shape index (κ3) is 5.57. The van der Waals surface area contributed by atoms with Crippen LogP contribution in [0.4, 0.5) is 5.82 Å². The summed E-state index contributed by atoms with van der Waals surface area (Å²) in [6, 6.07) is 10.3. The second-order valence-corrected chi connectivity index (χ2v) is 10.9. The lowest BCUT2D eigenvalue weighted by Gasteiger charge is -2.33. The Morgan fingerprint density at radius 1 is 1.07 bits per heavy atom. The van der Waals surface area contributed by atoms with E-state index in [1.807, 2.05) is 18.2 Å². The number of aryl methyl sites for hydroxylation is 1. The Kier molecular flexibility index (Phi) is 6.46. The molecule has 0 aliphatic heterocycles. The van der Waals surface area contributed by atoms with Gasteiger partial charge in [0.05, 0.1) is 5.39 Å². The molecular formula is C24H32N4OS. The van der Waals surface area contributed by atoms with Crippen molar-refractivity contribution in [2.45, 2.75) is 59.9 Å². The first-order chi connectivity index (χ1) is 14.1. The number of benzene rings is 1. The average molecular weight is 425 g/mol. The maximum absolute atomic E-state index is 12.5. The third-order valence-electron chi connectivity index (χ3n) is 4.82. The van der Waals surface area contributed by atoms with Gasteiger partial charge >= 0.3 is 0 Å². The minimum absolute atomic E-state index is 0.0480. The lowest BCUT2D eigenvalue weighted by atomic mass is 9.82. The van der Waals surface area contributed by atoms with E-state index in [1.54, 1.807) is 17.7 Å². The molecule has 0 atom stereocenters. The molecule has 6 heteroatoms. The zero-order valence-electron chi connectivity index (χ0n) is 18.8. The molecule has 3 aromatic rings. The number of nitrogens with zero attached hydrogens (tertiary/aromatic N) is 2. The van der Waals surface area contributed by atoms with Gasteiger partial charge in [-0.25, -0.2) is 9.97 Å². The van der Waals surface area contributed by atoms with Gasteiger partial charge in [-0.15, -0.1) is 11.3 Å². The second kappa shape index (κ2) is 8.72. The van der Waals surface area contributed by atoms with E-state index in [4.69, 9.17) is 0 Å². The van der Waals surface area contributed by atoms with Crippen LogP contribution in [0.5, 0.6) is 0 Å². The number of carbonyl (C=O) groups excluding carboxylic acids is 1. The number of hydrogen-bond donors (Lipinski definition) is 2. The number of fused-ring (bicyclic) bond motifs is 1. The second-order valence-electron chi connectivity index (χ2n) is 9.65. The van der Waals surface area contributed by atoms with E-state index in [1.165, 1.54) is 4.88 Å². The predicted molar refractivity (Wildman–Crippen MR) is 127 cm³/mol. The summed E-state index contributed by atoms with van der Waals surface area (Å²) in [4.78, 5) is 23.6. The standard InChI is InChI=1S/C24H32N4OS/c1-16-19(17-10-8-7-9-11-17)20-21(26-15-27-22(20)30-16)25-13-12-18(29)28-24(5,6)14-23(2,3)4/h7-11,15H,12-14H2,1-6H3,(H,28,29)(H,25,26,27). The smallest absolute Gasteiger partial charge is 0.222 e. The van der Waals surface area contributed by atoms with Crippen LogP contribution in [0.1, 0.15) is 52.3 Å². The molecule has 0 fully saturated rings. The summed E-state index contributed by atoms with van der Waals surface area (Å²) < 4.78 is 0. The number of aromatic nitrogens is 2. The van der Waals surface area contributed by atoms with Crippen LogP contribution in [0.25, 0.3) is 21.3 Å². The SMILES string of the molecule is Cc1sc2ncnc(NCCC(=O)NC(C)(C)CC(C)(C)C)c2c1-c1ccccc1. The average Bonchev–Trinajstić information content (AvgIpc) is 2.96. The normalized spacial score (nSPS) is 12.2. The van der Waals surface area contributed by atoms with Crippen LogP contribution in [0.2, 0.25) is 0 Å². The number of thiophene rings is 1. The highest BCUT2D eigenvalue weighted by Gasteiger charge is 2.26. The topological polar surface area (TPSA) is 66.9 Å². The lowest BCUT2D eigenvalue weighted by molar-refractivity contribution is -0.122. The van der Waals surface area contributed by atoms with Crippen LogP contribution in [-0.2, 0) is 4.79 Å². The van der Waals surface area contributed by atoms with Gasteiger partial charge in [-0.2, -0.15) is 0 Å². The first kappa shape index (κ1) is 22.2. The molecule has 0 saturated heterocycles. The van der Waals surface area contributed by atoms with Gasteiger partial charge < -0.3 is 10.6 Å². The Labute approximate surface area is 183 Å². The van der Waals surface area contributed by atoms with Gasteiger partial charge in [0.2, 0.25) is 5.91 Å². The molecule has 30 heavy (non-hydrogen) atoms. The van der Waals surface area contributed by atoms with Crippen LogP contribution >= 0.6 is 11.3 Å². The molecule has 1 aromatic carbocycles. The van der Waals surface area contributed by atoms with E-state index in [0.29, 0.717) is 13.0 Å². The molecule has 2 N–H and O–H groups in total. The molecule has 0 unspecified atom stereocenters. The minimum Gasteiger partial charge on any atom is -0.369 e. The van der Waals surface area contributed by atoms with Gasteiger partial charge in [0, 0.05) is 28.9 Å². The molecule has 2 heterocycles. The van der Waals surface area contributed by atoms with E-state index in [0.717, 1.165) is 33.6 Å². The quantitative estimate of drug-likeness (QED) is 0.503. The fourth-order valence-corrected chi connectivity index (χ4v) is 5.25. The molecule has 0 aliphatic rings. The van der Waals surface area contributed by atoms with Crippen LogP contribution < -0.4 is 10.6 Å². The largest absolute Gasteiger partial charge is 0.369 e. The van der Waals surface area contributed by atoms with Crippen molar-refractivity contribution >= 4 is 33.3 Å². The van der Waals surface area contributed by atoms with Crippen LogP contribution in [-0.4, -0.2) is 28.0 Å². The van der Waals surface area contributed by atoms with Crippen molar-refractivity contribution in [2.24, 2.45) is 5.41 Å². The highest BCUT2D eigenvalue weighted by atomic mass is 32.1. The third-order valence-corrected chi connectivity index (χ3v) is 5.83. The molecule has 3 rings (SSSR count). The van der Waals surface area contributed by atoms with Crippen molar-refractivity contribution in [3.63, 3.8) is 0 Å². The summed E-state index contributed by atoms with van der Waals surface area (Å²) in [5, 5.41) is 7.57. The Balaban J connectivity index is 1.72. The molecule has 0 spiro atoms. The highest BCUT2D eigenvalue weighted by Crippen LogP contribution is 2.40. The van der Waals surface area contributed by atoms with Gasteiger partial charge in [-0.3, -0.25) is 4.79 Å². The van der Waals surface area contributed by atoms with Crippen molar-refractivity contribution in [3.05, 3.63) is 41.5 Å². The minimum atomic E-state index is -0.234. The van der Waals surface area contributed by atoms with Gasteiger partial charge in [-0.05, 0) is 38.2 Å². The number of anilines is 1. The van der Waals surface area contributed by atoms with Gasteiger partial charge in [0.25, 0.3) is 0 Å². The van der Waals surface area contributed by atoms with E-state index in [9.17, 15) is 4.79 Å². The number of amides is 1. The summed E-state index contributed by atoms with van der Waals surface area (Å²) >= 11 is 1.67. The fraction of sp³-hybridized carbons (Fsp3) is 0.458. The van der Waals surface area contributed by atoms with Crippen molar-refractivity contribution < 1.29 is 4.79 Å². The first-order valence-electron chi connectivity index (χ1n) is 10.4. The van der Waals surface area contributed by atoms with E-state index >= 15 is 0 Å². The predicted octanol–water partition coefficient (Wildman–Crippen LogP) is 5.80. The molecule has 0 radical (unpaired) electrons. The molecule has 1 amide bonds. The van der Waals surface area contributed by atoms with Gasteiger partial charge in [-0.1, -0.05) is 51.1 Å². The Morgan fingerprint density at radius 2 is 1.77 bits per heavy atom.